The number of hydrogen-bond acceptors (Lipinski definition) is 5. The summed E-state index contributed by atoms with van der Waals surface area (Å²) in [4.78, 5) is 20.9. The Kier molecular flexibility index (Phi) is 5.30. The molecule has 0 fully saturated rings. The molecule has 0 atom stereocenters. The van der Waals surface area contributed by atoms with E-state index in [1.54, 1.807) is 13.8 Å². The van der Waals surface area contributed by atoms with E-state index in [9.17, 15) is 33.4 Å². The van der Waals surface area contributed by atoms with E-state index in [0.717, 1.165) is 0 Å². The molecule has 23 heavy (non-hydrogen) atoms. The largest absolute Gasteiger partial charge is 0.429 e. The van der Waals surface area contributed by atoms with Crippen molar-refractivity contribution in [3.05, 3.63) is 50.1 Å². The van der Waals surface area contributed by atoms with Gasteiger partial charge in [-0.05, 0) is 13.8 Å². The molecule has 0 heterocycles. The van der Waals surface area contributed by atoms with Crippen molar-refractivity contribution in [3.63, 3.8) is 0 Å². The first-order chi connectivity index (χ1) is 10.5. The number of benzene rings is 1. The summed E-state index contributed by atoms with van der Waals surface area (Å²) in [7, 11) is 0. The maximum atomic E-state index is 13.0. The van der Waals surface area contributed by atoms with Crippen LogP contribution in [-0.4, -0.2) is 22.9 Å². The summed E-state index contributed by atoms with van der Waals surface area (Å²) in [6.07, 6.45) is -5.21. The number of nitro groups is 2. The molecule has 1 aromatic carbocycles. The third-order valence-corrected chi connectivity index (χ3v) is 2.97. The molecule has 0 aromatic heterocycles. The van der Waals surface area contributed by atoms with Gasteiger partial charge in [0.05, 0.1) is 15.5 Å². The van der Waals surface area contributed by atoms with Crippen LogP contribution in [0.2, 0.25) is 0 Å². The van der Waals surface area contributed by atoms with Gasteiger partial charge in [-0.2, -0.15) is 13.2 Å². The fourth-order valence-corrected chi connectivity index (χ4v) is 2.07. The fraction of sp³-hybridized carbons (Fsp3) is 0.385. The van der Waals surface area contributed by atoms with Crippen molar-refractivity contribution in [1.29, 1.82) is 0 Å². The number of likely N-dealkylation sites (N-methyl/N-ethyl adjacent to an activating group) is 1. The van der Waals surface area contributed by atoms with Crippen LogP contribution in [-0.2, 0) is 6.18 Å². The molecule has 0 aliphatic carbocycles. The number of nitro benzene ring substituents is 2. The molecule has 0 aliphatic rings. The van der Waals surface area contributed by atoms with Gasteiger partial charge in [-0.1, -0.05) is 12.2 Å². The zero-order valence-electron chi connectivity index (χ0n) is 12.4. The van der Waals surface area contributed by atoms with Gasteiger partial charge < -0.3 is 4.90 Å². The maximum Gasteiger partial charge on any atom is 0.429 e. The van der Waals surface area contributed by atoms with Crippen LogP contribution in [0.5, 0.6) is 0 Å². The quantitative estimate of drug-likeness (QED) is 0.447. The summed E-state index contributed by atoms with van der Waals surface area (Å²) in [5.41, 5.74) is -3.94. The van der Waals surface area contributed by atoms with Crippen molar-refractivity contribution in [2.45, 2.75) is 20.0 Å². The number of halogens is 3. The number of rotatable bonds is 6. The van der Waals surface area contributed by atoms with E-state index in [1.165, 1.54) is 4.90 Å². The Morgan fingerprint density at radius 2 is 1.65 bits per heavy atom. The standard InChI is InChI=1S/C13H14F3N3O4/c1-4-17(7-8(2)3)9-5-10(18(20)21)12(13(14,15)16)11(6-9)19(22)23/h5-6H,2,4,7H2,1,3H3. The van der Waals surface area contributed by atoms with Crippen molar-refractivity contribution in [1.82, 2.24) is 0 Å². The van der Waals surface area contributed by atoms with Gasteiger partial charge in [-0.15, -0.1) is 0 Å². The second-order valence-electron chi connectivity index (χ2n) is 4.84. The van der Waals surface area contributed by atoms with Crippen LogP contribution in [0.25, 0.3) is 0 Å². The summed E-state index contributed by atoms with van der Waals surface area (Å²) in [6, 6.07) is 1.39. The average Bonchev–Trinajstić information content (AvgIpc) is 2.41. The first-order valence-corrected chi connectivity index (χ1v) is 6.42. The predicted molar refractivity (Wildman–Crippen MR) is 77.5 cm³/mol. The molecule has 7 nitrogen and oxygen atoms in total. The van der Waals surface area contributed by atoms with Crippen LogP contribution in [0.4, 0.5) is 30.2 Å². The molecule has 0 N–H and O–H groups in total. The zero-order chi connectivity index (χ0) is 17.9. The lowest BCUT2D eigenvalue weighted by atomic mass is 10.1. The van der Waals surface area contributed by atoms with Crippen LogP contribution in [0, 0.1) is 20.2 Å². The molecule has 126 valence electrons. The van der Waals surface area contributed by atoms with E-state index in [2.05, 4.69) is 6.58 Å². The number of hydrogen-bond donors (Lipinski definition) is 0. The Labute approximate surface area is 129 Å². The Bertz CT molecular complexity index is 623. The monoisotopic (exact) mass is 333 g/mol. The maximum absolute atomic E-state index is 13.0. The SMILES string of the molecule is C=C(C)CN(CC)c1cc([N+](=O)[O-])c(C(F)(F)F)c([N+](=O)[O-])c1. The average molecular weight is 333 g/mol. The van der Waals surface area contributed by atoms with Crippen LogP contribution in [0.15, 0.2) is 24.3 Å². The van der Waals surface area contributed by atoms with Gasteiger partial charge in [0.2, 0.25) is 5.56 Å². The zero-order valence-corrected chi connectivity index (χ0v) is 12.4. The van der Waals surface area contributed by atoms with Crippen LogP contribution in [0.1, 0.15) is 19.4 Å². The van der Waals surface area contributed by atoms with Crippen molar-refractivity contribution in [2.75, 3.05) is 18.0 Å². The lowest BCUT2D eigenvalue weighted by Crippen LogP contribution is -2.25. The highest BCUT2D eigenvalue weighted by molar-refractivity contribution is 5.67. The highest BCUT2D eigenvalue weighted by Crippen LogP contribution is 2.44. The van der Waals surface area contributed by atoms with Crippen LogP contribution >= 0.6 is 0 Å². The van der Waals surface area contributed by atoms with E-state index < -0.39 is 33.0 Å². The second kappa shape index (κ2) is 6.63. The minimum Gasteiger partial charge on any atom is -0.367 e. The molecule has 1 rings (SSSR count). The molecule has 0 amide bonds. The first kappa shape index (κ1) is 18.4. The molecule has 0 bridgehead atoms. The Morgan fingerprint density at radius 1 is 1.22 bits per heavy atom. The molecule has 0 saturated carbocycles. The summed E-state index contributed by atoms with van der Waals surface area (Å²) < 4.78 is 39.1. The number of alkyl halides is 3. The highest BCUT2D eigenvalue weighted by atomic mass is 19.4. The van der Waals surface area contributed by atoms with Crippen LogP contribution in [0.3, 0.4) is 0 Å². The van der Waals surface area contributed by atoms with Gasteiger partial charge in [0.1, 0.15) is 0 Å². The minimum atomic E-state index is -5.21. The van der Waals surface area contributed by atoms with Gasteiger partial charge in [0.15, 0.2) is 0 Å². The summed E-state index contributed by atoms with van der Waals surface area (Å²) in [6.45, 7) is 7.47. The first-order valence-electron chi connectivity index (χ1n) is 6.42. The molecule has 0 radical (unpaired) electrons. The van der Waals surface area contributed by atoms with E-state index in [1.807, 2.05) is 0 Å². The van der Waals surface area contributed by atoms with E-state index in [-0.39, 0.29) is 18.8 Å². The smallest absolute Gasteiger partial charge is 0.367 e. The highest BCUT2D eigenvalue weighted by Gasteiger charge is 2.46. The lowest BCUT2D eigenvalue weighted by molar-refractivity contribution is -0.399. The Balaban J connectivity index is 3.69. The molecule has 0 spiro atoms. The van der Waals surface area contributed by atoms with Crippen molar-refractivity contribution < 1.29 is 23.0 Å². The summed E-state index contributed by atoms with van der Waals surface area (Å²) in [5, 5.41) is 22.0. The van der Waals surface area contributed by atoms with Crippen molar-refractivity contribution in [2.24, 2.45) is 0 Å². The number of anilines is 1. The van der Waals surface area contributed by atoms with Gasteiger partial charge in [-0.25, -0.2) is 0 Å². The lowest BCUT2D eigenvalue weighted by Gasteiger charge is -2.23. The molecule has 0 aliphatic heterocycles. The number of nitrogens with zero attached hydrogens (tertiary/aromatic N) is 3. The van der Waals surface area contributed by atoms with Gasteiger partial charge >= 0.3 is 6.18 Å². The minimum absolute atomic E-state index is 0.0399. The third kappa shape index (κ3) is 4.18. The molecule has 1 aromatic rings. The Morgan fingerprint density at radius 3 is 1.91 bits per heavy atom. The van der Waals surface area contributed by atoms with E-state index in [0.29, 0.717) is 17.7 Å². The Hall–Kier alpha value is -2.65. The van der Waals surface area contributed by atoms with E-state index in [4.69, 9.17) is 0 Å². The molecule has 0 saturated heterocycles. The summed E-state index contributed by atoms with van der Waals surface area (Å²) >= 11 is 0. The molecule has 0 unspecified atom stereocenters. The summed E-state index contributed by atoms with van der Waals surface area (Å²) in [5.74, 6) is 0. The fourth-order valence-electron chi connectivity index (χ4n) is 2.07. The van der Waals surface area contributed by atoms with Gasteiger partial charge in [0.25, 0.3) is 11.4 Å². The van der Waals surface area contributed by atoms with E-state index >= 15 is 0 Å². The van der Waals surface area contributed by atoms with Crippen LogP contribution < -0.4 is 4.90 Å². The topological polar surface area (TPSA) is 89.5 Å². The van der Waals surface area contributed by atoms with Crippen molar-refractivity contribution in [3.8, 4) is 0 Å². The second-order valence-corrected chi connectivity index (χ2v) is 4.84. The molecular formula is C13H14F3N3O4. The van der Waals surface area contributed by atoms with Gasteiger partial charge in [-0.3, -0.25) is 20.2 Å². The third-order valence-electron chi connectivity index (χ3n) is 2.97. The normalized spacial score (nSPS) is 11.2. The molecular weight excluding hydrogens is 319 g/mol. The molecule has 10 heteroatoms. The van der Waals surface area contributed by atoms with Gasteiger partial charge in [0, 0.05) is 25.2 Å². The predicted octanol–water partition coefficient (Wildman–Crippen LogP) is 3.92. The van der Waals surface area contributed by atoms with Crippen molar-refractivity contribution >= 4 is 17.1 Å².